The molecule has 0 saturated heterocycles. The Kier molecular flexibility index (Phi) is 11.7. The van der Waals surface area contributed by atoms with Crippen molar-refractivity contribution in [2.45, 2.75) is 146 Å². The Morgan fingerprint density at radius 2 is 1.59 bits per heavy atom. The largest absolute Gasteiger partial charge is 0.465 e. The molecular formula is C49H60BrN7O13. The summed E-state index contributed by atoms with van der Waals surface area (Å²) in [5, 5.41) is 31.6. The molecule has 376 valence electrons. The zero-order valence-corrected chi connectivity index (χ0v) is 42.4. The van der Waals surface area contributed by atoms with E-state index in [1.54, 1.807) is 31.5 Å². The van der Waals surface area contributed by atoms with E-state index in [-0.39, 0.29) is 83.0 Å². The predicted molar refractivity (Wildman–Crippen MR) is 254 cm³/mol. The van der Waals surface area contributed by atoms with Gasteiger partial charge in [-0.1, -0.05) is 36.7 Å². The van der Waals surface area contributed by atoms with Gasteiger partial charge in [0.1, 0.15) is 18.7 Å². The molecule has 6 fully saturated rings. The van der Waals surface area contributed by atoms with Crippen LogP contribution in [0.25, 0.3) is 22.3 Å². The normalized spacial score (nSPS) is 27.5. The number of pyridine rings is 2. The van der Waals surface area contributed by atoms with E-state index in [0.29, 0.717) is 66.9 Å². The molecule has 1 aromatic carbocycles. The summed E-state index contributed by atoms with van der Waals surface area (Å²) in [7, 11) is 3.05. The number of benzene rings is 1. The summed E-state index contributed by atoms with van der Waals surface area (Å²) < 4.78 is 18.3. The summed E-state index contributed by atoms with van der Waals surface area (Å²) in [4.78, 5) is 100. The van der Waals surface area contributed by atoms with Crippen LogP contribution in [0.1, 0.15) is 116 Å². The van der Waals surface area contributed by atoms with Crippen molar-refractivity contribution >= 4 is 62.5 Å². The molecular weight excluding hydrogens is 974 g/mol. The van der Waals surface area contributed by atoms with Crippen molar-refractivity contribution < 1.29 is 58.0 Å². The van der Waals surface area contributed by atoms with E-state index in [0.717, 1.165) is 16.5 Å². The van der Waals surface area contributed by atoms with Crippen LogP contribution < -0.4 is 31.0 Å². The maximum atomic E-state index is 13.9. The Balaban J connectivity index is 0.000000269. The number of ether oxygens (including phenoxy) is 3. The summed E-state index contributed by atoms with van der Waals surface area (Å²) >= 11 is 3.10. The Morgan fingerprint density at radius 1 is 0.943 bits per heavy atom. The first-order valence-corrected chi connectivity index (χ1v) is 24.7. The van der Waals surface area contributed by atoms with E-state index < -0.39 is 52.1 Å². The molecule has 3 atom stereocenters. The number of hydroxylamine groups is 2. The first-order chi connectivity index (χ1) is 32.8. The van der Waals surface area contributed by atoms with Crippen molar-refractivity contribution in [3.63, 3.8) is 0 Å². The second-order valence-electron chi connectivity index (χ2n) is 21.7. The van der Waals surface area contributed by atoms with Gasteiger partial charge >= 0.3 is 12.1 Å². The minimum atomic E-state index is -1.94. The molecule has 21 heteroatoms. The second-order valence-corrected chi connectivity index (χ2v) is 22.2. The van der Waals surface area contributed by atoms with Gasteiger partial charge < -0.3 is 44.9 Å². The van der Waals surface area contributed by atoms with Crippen molar-refractivity contribution in [2.24, 2.45) is 11.3 Å². The van der Waals surface area contributed by atoms with Crippen LogP contribution in [0.2, 0.25) is 0 Å². The van der Waals surface area contributed by atoms with Crippen molar-refractivity contribution in [3.8, 4) is 22.9 Å². The number of carbonyl (C=O) groups is 6. The van der Waals surface area contributed by atoms with Gasteiger partial charge in [0, 0.05) is 51.7 Å². The third kappa shape index (κ3) is 7.42. The van der Waals surface area contributed by atoms with Gasteiger partial charge in [-0.25, -0.2) is 19.6 Å². The number of hydrogen-bond acceptors (Lipinski definition) is 13. The van der Waals surface area contributed by atoms with Crippen molar-refractivity contribution in [3.05, 3.63) is 50.8 Å². The number of amides is 5. The lowest BCUT2D eigenvalue weighted by Crippen LogP contribution is -2.81. The Hall–Kier alpha value is -5.80. The molecule has 0 unspecified atom stereocenters. The number of aromatic nitrogens is 2. The average molecular weight is 1030 g/mol. The molecule has 4 bridgehead atoms. The number of fused-ring (bicyclic) bond motifs is 6. The predicted octanol–water partition coefficient (Wildman–Crippen LogP) is 3.85. The number of alkyl halides is 1. The smallest absolute Gasteiger partial charge is 0.408 e. The van der Waals surface area contributed by atoms with Crippen LogP contribution in [0, 0.1) is 11.3 Å². The zero-order valence-electron chi connectivity index (χ0n) is 40.8. The van der Waals surface area contributed by atoms with E-state index in [4.69, 9.17) is 24.0 Å². The number of cyclic esters (lactones) is 1. The van der Waals surface area contributed by atoms with Crippen LogP contribution in [-0.4, -0.2) is 120 Å². The number of carbonyl (C=O) groups excluding carboxylic acids is 5. The van der Waals surface area contributed by atoms with Crippen LogP contribution in [0.5, 0.6) is 11.5 Å². The fourth-order valence-electron chi connectivity index (χ4n) is 12.6. The topological polar surface area (TPSA) is 257 Å². The maximum absolute atomic E-state index is 13.9. The quantitative estimate of drug-likeness (QED) is 0.0768. The molecule has 70 heavy (non-hydrogen) atoms. The lowest BCUT2D eigenvalue weighted by Gasteiger charge is -2.73. The van der Waals surface area contributed by atoms with Crippen LogP contribution >= 0.6 is 15.9 Å². The molecule has 0 spiro atoms. The standard InChI is InChI=1S/C36H38BrN5O9.C13H22N2O4/c1-5-36(48)21-7-23-29-19(10-42(23)32(46)20(21)11-49-33(36)47)27(18-6-24-25(51-15-50-24)8-22(18)39-29)34-12-35(13-34,14-34)41-30(44)17(4)38-31(45)28(16(2)3)40-26(43)9-37;1-11(2,3)15(10(17)18)13-6-12(7-13,8-13)9(16)14(4)19-5/h6-8,16-17,28,48H,5,9-15H2,1-4H3,(H,38,45)(H,40,43)(H,41,44);6-8H2,1-5H3,(H,17,18)/t17-,28-,34?,35?,36-;/m0./s1. The molecule has 9 aliphatic rings. The molecule has 2 aromatic heterocycles. The van der Waals surface area contributed by atoms with Crippen molar-refractivity contribution in [1.29, 1.82) is 0 Å². The van der Waals surface area contributed by atoms with Gasteiger partial charge in [0.25, 0.3) is 11.5 Å². The molecule has 3 aromatic rings. The highest BCUT2D eigenvalue weighted by Gasteiger charge is 2.76. The minimum absolute atomic E-state index is 0.0414. The maximum Gasteiger partial charge on any atom is 0.408 e. The number of hydrogen-bond donors (Lipinski definition) is 5. The fourth-order valence-corrected chi connectivity index (χ4v) is 12.7. The van der Waals surface area contributed by atoms with E-state index in [2.05, 4.69) is 31.9 Å². The first-order valence-electron chi connectivity index (χ1n) is 23.6. The highest BCUT2D eigenvalue weighted by molar-refractivity contribution is 9.09. The van der Waals surface area contributed by atoms with E-state index >= 15 is 0 Å². The van der Waals surface area contributed by atoms with E-state index in [1.165, 1.54) is 17.1 Å². The second kappa shape index (κ2) is 16.6. The summed E-state index contributed by atoms with van der Waals surface area (Å²) in [5.74, 6) is -0.915. The molecule has 5 heterocycles. The van der Waals surface area contributed by atoms with Crippen molar-refractivity contribution in [2.75, 3.05) is 26.3 Å². The molecule has 6 saturated carbocycles. The summed E-state index contributed by atoms with van der Waals surface area (Å²) in [5.41, 5.74) is -0.103. The Bertz CT molecular complexity index is 2820. The average Bonchev–Trinajstić information content (AvgIpc) is 3.87. The Labute approximate surface area is 412 Å². The summed E-state index contributed by atoms with van der Waals surface area (Å²) in [6.45, 7) is 12.7. The summed E-state index contributed by atoms with van der Waals surface area (Å²) in [6.07, 6.45) is 2.88. The molecule has 5 N–H and O–H groups in total. The molecule has 5 amide bonds. The Morgan fingerprint density at radius 3 is 2.16 bits per heavy atom. The van der Waals surface area contributed by atoms with Crippen LogP contribution in [0.4, 0.5) is 4.79 Å². The number of nitrogens with one attached hydrogen (secondary N) is 3. The number of nitrogens with zero attached hydrogens (tertiary/aromatic N) is 4. The van der Waals surface area contributed by atoms with Crippen molar-refractivity contribution in [1.82, 2.24) is 35.5 Å². The van der Waals surface area contributed by atoms with Crippen LogP contribution in [-0.2, 0) is 57.7 Å². The molecule has 3 aliphatic heterocycles. The first kappa shape index (κ1) is 49.2. The van der Waals surface area contributed by atoms with Gasteiger partial charge in [-0.05, 0) is 96.3 Å². The number of halogens is 1. The third-order valence-corrected chi connectivity index (χ3v) is 16.1. The van der Waals surface area contributed by atoms with Gasteiger partial charge in [0.2, 0.25) is 24.5 Å². The number of carboxylic acid groups (broad SMARTS) is 1. The number of esters is 1. The van der Waals surface area contributed by atoms with Gasteiger partial charge in [0.15, 0.2) is 17.1 Å². The lowest BCUT2D eigenvalue weighted by molar-refractivity contribution is -0.248. The molecule has 20 nitrogen and oxygen atoms in total. The molecule has 6 aliphatic carbocycles. The highest BCUT2D eigenvalue weighted by Crippen LogP contribution is 2.72. The number of rotatable bonds is 12. The summed E-state index contributed by atoms with van der Waals surface area (Å²) in [6, 6.07) is 3.85. The third-order valence-electron chi connectivity index (χ3n) is 15.6. The van der Waals surface area contributed by atoms with Gasteiger partial charge in [-0.15, -0.1) is 0 Å². The van der Waals surface area contributed by atoms with E-state index in [9.17, 15) is 43.8 Å². The zero-order chi connectivity index (χ0) is 50.8. The van der Waals surface area contributed by atoms with Crippen LogP contribution in [0.3, 0.4) is 0 Å². The van der Waals surface area contributed by atoms with E-state index in [1.807, 2.05) is 46.8 Å². The lowest BCUT2D eigenvalue weighted by atomic mass is 9.37. The highest BCUT2D eigenvalue weighted by atomic mass is 79.9. The number of aliphatic hydroxyl groups is 1. The monoisotopic (exact) mass is 1030 g/mol. The molecule has 0 radical (unpaired) electrons. The SMILES string of the molecule is CC[C@@]1(O)C(=O)OCc2c1cc1n(c2=O)Cc2c-1nc1cc3c(cc1c2C12CC(NC(=O)[C@H](C)NC(=O)[C@@H](NC(=O)CBr)C(C)C)(C1)C2)OCO3.CON(C)C(=O)C12CC(N(C(=O)O)C(C)(C)C)(C1)C2. The molecule has 12 rings (SSSR count). The minimum Gasteiger partial charge on any atom is -0.465 e. The van der Waals surface area contributed by atoms with Gasteiger partial charge in [-0.3, -0.25) is 33.7 Å². The van der Waals surface area contributed by atoms with Gasteiger partial charge in [-0.2, -0.15) is 0 Å². The fraction of sp³-hybridized carbons (Fsp3) is 0.592. The van der Waals surface area contributed by atoms with Crippen LogP contribution in [0.15, 0.2) is 23.0 Å². The van der Waals surface area contributed by atoms with Gasteiger partial charge in [0.05, 0.1) is 46.9 Å².